The number of methoxy groups -OCH3 is 1. The average Bonchev–Trinajstić information content (AvgIpc) is 2.98. The molecule has 0 radical (unpaired) electrons. The van der Waals surface area contributed by atoms with Gasteiger partial charge in [0.2, 0.25) is 11.8 Å². The lowest BCUT2D eigenvalue weighted by Gasteiger charge is -2.35. The molecule has 0 saturated carbocycles. The van der Waals surface area contributed by atoms with Crippen molar-refractivity contribution in [2.24, 2.45) is 5.92 Å². The van der Waals surface area contributed by atoms with Crippen molar-refractivity contribution in [2.45, 2.75) is 38.6 Å². The molecule has 0 aromatic heterocycles. The molecule has 0 bridgehead atoms. The first-order chi connectivity index (χ1) is 10.6. The van der Waals surface area contributed by atoms with Crippen LogP contribution in [0.5, 0.6) is 5.75 Å². The number of nitrogens with one attached hydrogen (secondary N) is 1. The van der Waals surface area contributed by atoms with E-state index >= 15 is 0 Å². The summed E-state index contributed by atoms with van der Waals surface area (Å²) in [6.45, 7) is 2.87. The van der Waals surface area contributed by atoms with Crippen molar-refractivity contribution in [3.63, 3.8) is 0 Å². The zero-order valence-corrected chi connectivity index (χ0v) is 13.1. The predicted molar refractivity (Wildman–Crippen MR) is 84.0 cm³/mol. The minimum Gasteiger partial charge on any atom is -0.497 e. The summed E-state index contributed by atoms with van der Waals surface area (Å²) in [5, 5.41) is 2.78. The summed E-state index contributed by atoms with van der Waals surface area (Å²) < 4.78 is 5.30. The van der Waals surface area contributed by atoms with Crippen LogP contribution >= 0.6 is 0 Å². The van der Waals surface area contributed by atoms with Crippen molar-refractivity contribution in [1.29, 1.82) is 0 Å². The molecule has 2 aliphatic heterocycles. The van der Waals surface area contributed by atoms with Crippen molar-refractivity contribution in [3.8, 4) is 5.75 Å². The van der Waals surface area contributed by atoms with Crippen LogP contribution in [-0.4, -0.2) is 31.5 Å². The highest BCUT2D eigenvalue weighted by atomic mass is 16.5. The predicted octanol–water partition coefficient (Wildman–Crippen LogP) is 1.89. The summed E-state index contributed by atoms with van der Waals surface area (Å²) in [6, 6.07) is 5.48. The Balaban J connectivity index is 1.90. The van der Waals surface area contributed by atoms with Crippen LogP contribution in [0.25, 0.3) is 0 Å². The van der Waals surface area contributed by atoms with Crippen LogP contribution < -0.4 is 15.0 Å². The maximum atomic E-state index is 12.8. The maximum absolute atomic E-state index is 12.8. The fourth-order valence-electron chi connectivity index (χ4n) is 3.32. The number of fused-ring (bicyclic) bond motifs is 1. The summed E-state index contributed by atoms with van der Waals surface area (Å²) in [5.74, 6) is 1.24. The number of benzene rings is 1. The van der Waals surface area contributed by atoms with E-state index in [-0.39, 0.29) is 17.9 Å². The minimum atomic E-state index is -0.377. The molecule has 1 aromatic carbocycles. The van der Waals surface area contributed by atoms with Gasteiger partial charge in [-0.1, -0.05) is 13.3 Å². The van der Waals surface area contributed by atoms with E-state index in [0.717, 1.165) is 36.4 Å². The van der Waals surface area contributed by atoms with E-state index in [1.54, 1.807) is 7.11 Å². The summed E-state index contributed by atoms with van der Waals surface area (Å²) in [4.78, 5) is 26.0. The topological polar surface area (TPSA) is 58.6 Å². The molecule has 2 unspecified atom stereocenters. The SMILES string of the molecule is CCC1Cc2cc(OC)ccc2N(C(=O)C2CCC(=O)N2)C1. The fraction of sp³-hybridized carbons (Fsp3) is 0.529. The van der Waals surface area contributed by atoms with Gasteiger partial charge in [0, 0.05) is 18.7 Å². The average molecular weight is 302 g/mol. The molecule has 5 heteroatoms. The van der Waals surface area contributed by atoms with Crippen LogP contribution in [0.3, 0.4) is 0 Å². The first kappa shape index (κ1) is 14.9. The maximum Gasteiger partial charge on any atom is 0.249 e. The zero-order chi connectivity index (χ0) is 15.7. The molecule has 5 nitrogen and oxygen atoms in total. The second kappa shape index (κ2) is 5.99. The number of carbonyl (C=O) groups is 2. The molecular formula is C17H22N2O3. The Labute approximate surface area is 130 Å². The van der Waals surface area contributed by atoms with E-state index < -0.39 is 0 Å². The highest BCUT2D eigenvalue weighted by Crippen LogP contribution is 2.34. The molecule has 2 aliphatic rings. The van der Waals surface area contributed by atoms with Crippen LogP contribution in [-0.2, 0) is 16.0 Å². The largest absolute Gasteiger partial charge is 0.497 e. The lowest BCUT2D eigenvalue weighted by atomic mass is 9.90. The normalized spacial score (nSPS) is 23.9. The molecular weight excluding hydrogens is 280 g/mol. The Kier molecular flexibility index (Phi) is 4.05. The molecule has 2 heterocycles. The van der Waals surface area contributed by atoms with E-state index in [1.165, 1.54) is 0 Å². The standard InChI is InChI=1S/C17H22N2O3/c1-3-11-8-12-9-13(22-2)4-6-15(12)19(10-11)17(21)14-5-7-16(20)18-14/h4,6,9,11,14H,3,5,7-8,10H2,1-2H3,(H,18,20). The second-order valence-electron chi connectivity index (χ2n) is 6.08. The van der Waals surface area contributed by atoms with Crippen molar-refractivity contribution in [1.82, 2.24) is 5.32 Å². The van der Waals surface area contributed by atoms with Crippen LogP contribution in [0.4, 0.5) is 5.69 Å². The van der Waals surface area contributed by atoms with Gasteiger partial charge >= 0.3 is 0 Å². The monoisotopic (exact) mass is 302 g/mol. The highest BCUT2D eigenvalue weighted by molar-refractivity contribution is 6.01. The first-order valence-corrected chi connectivity index (χ1v) is 7.90. The minimum absolute atomic E-state index is 0.00965. The van der Waals surface area contributed by atoms with Gasteiger partial charge in [-0.25, -0.2) is 0 Å². The highest BCUT2D eigenvalue weighted by Gasteiger charge is 2.35. The van der Waals surface area contributed by atoms with Crippen LogP contribution in [0, 0.1) is 5.92 Å². The molecule has 3 rings (SSSR count). The molecule has 1 saturated heterocycles. The Morgan fingerprint density at radius 2 is 2.27 bits per heavy atom. The molecule has 2 atom stereocenters. The van der Waals surface area contributed by atoms with Crippen LogP contribution in [0.2, 0.25) is 0 Å². The molecule has 0 aliphatic carbocycles. The fourth-order valence-corrected chi connectivity index (χ4v) is 3.32. The summed E-state index contributed by atoms with van der Waals surface area (Å²) in [5.41, 5.74) is 2.10. The number of carbonyl (C=O) groups excluding carboxylic acids is 2. The van der Waals surface area contributed by atoms with Gasteiger partial charge in [-0.15, -0.1) is 0 Å². The summed E-state index contributed by atoms with van der Waals surface area (Å²) >= 11 is 0. The smallest absolute Gasteiger partial charge is 0.249 e. The first-order valence-electron chi connectivity index (χ1n) is 7.90. The van der Waals surface area contributed by atoms with Crippen molar-refractivity contribution in [3.05, 3.63) is 23.8 Å². The van der Waals surface area contributed by atoms with E-state index in [9.17, 15) is 9.59 Å². The van der Waals surface area contributed by atoms with E-state index in [4.69, 9.17) is 4.74 Å². The molecule has 2 amide bonds. The number of hydrogen-bond donors (Lipinski definition) is 1. The number of anilines is 1. The van der Waals surface area contributed by atoms with E-state index in [2.05, 4.69) is 12.2 Å². The lowest BCUT2D eigenvalue weighted by Crippen LogP contribution is -2.48. The Morgan fingerprint density at radius 1 is 1.45 bits per heavy atom. The van der Waals surface area contributed by atoms with Gasteiger partial charge in [0.1, 0.15) is 11.8 Å². The number of hydrogen-bond acceptors (Lipinski definition) is 3. The van der Waals surface area contributed by atoms with Gasteiger partial charge in [-0.3, -0.25) is 9.59 Å². The van der Waals surface area contributed by atoms with Gasteiger partial charge < -0.3 is 15.0 Å². The zero-order valence-electron chi connectivity index (χ0n) is 13.1. The van der Waals surface area contributed by atoms with Crippen LogP contribution in [0.15, 0.2) is 18.2 Å². The Hall–Kier alpha value is -2.04. The number of nitrogens with zero attached hydrogens (tertiary/aromatic N) is 1. The van der Waals surface area contributed by atoms with Crippen molar-refractivity contribution in [2.75, 3.05) is 18.6 Å². The van der Waals surface area contributed by atoms with Gasteiger partial charge in [-0.2, -0.15) is 0 Å². The molecule has 0 spiro atoms. The quantitative estimate of drug-likeness (QED) is 0.927. The van der Waals surface area contributed by atoms with E-state index in [1.807, 2.05) is 23.1 Å². The number of rotatable bonds is 3. The third kappa shape index (κ3) is 2.67. The van der Waals surface area contributed by atoms with Gasteiger partial charge in [-0.05, 0) is 42.5 Å². The molecule has 1 aromatic rings. The molecule has 1 N–H and O–H groups in total. The van der Waals surface area contributed by atoms with Crippen LogP contribution in [0.1, 0.15) is 31.7 Å². The van der Waals surface area contributed by atoms with Crippen molar-refractivity contribution >= 4 is 17.5 Å². The molecule has 118 valence electrons. The number of ether oxygens (including phenoxy) is 1. The van der Waals surface area contributed by atoms with Crippen molar-refractivity contribution < 1.29 is 14.3 Å². The van der Waals surface area contributed by atoms with E-state index in [0.29, 0.717) is 18.8 Å². The summed E-state index contributed by atoms with van der Waals surface area (Å²) in [7, 11) is 1.65. The number of amides is 2. The molecule has 1 fully saturated rings. The molecule has 22 heavy (non-hydrogen) atoms. The van der Waals surface area contributed by atoms with Gasteiger partial charge in [0.15, 0.2) is 0 Å². The third-order valence-corrected chi connectivity index (χ3v) is 4.66. The Morgan fingerprint density at radius 3 is 2.91 bits per heavy atom. The van der Waals surface area contributed by atoms with Gasteiger partial charge in [0.25, 0.3) is 0 Å². The lowest BCUT2D eigenvalue weighted by molar-refractivity contribution is -0.124. The Bertz CT molecular complexity index is 600. The summed E-state index contributed by atoms with van der Waals surface area (Å²) in [6.07, 6.45) is 3.02. The van der Waals surface area contributed by atoms with Gasteiger partial charge in [0.05, 0.1) is 7.11 Å². The third-order valence-electron chi connectivity index (χ3n) is 4.66. The second-order valence-corrected chi connectivity index (χ2v) is 6.08.